The third-order valence-corrected chi connectivity index (χ3v) is 3.93. The minimum Gasteiger partial charge on any atom is -0.270 e. The molecule has 0 aromatic carbocycles. The van der Waals surface area contributed by atoms with Crippen molar-refractivity contribution in [3.05, 3.63) is 24.4 Å². The van der Waals surface area contributed by atoms with Crippen molar-refractivity contribution in [2.24, 2.45) is 10.9 Å². The van der Waals surface area contributed by atoms with E-state index in [1.54, 1.807) is 30.4 Å². The molecular formula is C12H13N5S. The van der Waals surface area contributed by atoms with E-state index in [2.05, 4.69) is 38.8 Å². The summed E-state index contributed by atoms with van der Waals surface area (Å²) in [5.41, 5.74) is 1.34. The van der Waals surface area contributed by atoms with Gasteiger partial charge in [0.05, 0.1) is 12.2 Å². The highest BCUT2D eigenvalue weighted by molar-refractivity contribution is 8.14. The standard InChI is InChI=1S/C12H13N5S/c1-7(2)9-6-18-12(16-9)11-15-5-8-10(17-11)14-4-3-13-8/h3-5,7,9H,6H2,1-2H3. The van der Waals surface area contributed by atoms with Crippen LogP contribution in [0.5, 0.6) is 0 Å². The number of aliphatic imine (C=N–C) groups is 1. The van der Waals surface area contributed by atoms with Crippen molar-refractivity contribution < 1.29 is 0 Å². The van der Waals surface area contributed by atoms with Crippen LogP contribution in [0.3, 0.4) is 0 Å². The molecule has 0 radical (unpaired) electrons. The Bertz CT molecular complexity index is 610. The van der Waals surface area contributed by atoms with Crippen LogP contribution < -0.4 is 0 Å². The summed E-state index contributed by atoms with van der Waals surface area (Å²) >= 11 is 1.72. The summed E-state index contributed by atoms with van der Waals surface area (Å²) in [5, 5.41) is 0.918. The molecule has 0 amide bonds. The van der Waals surface area contributed by atoms with Gasteiger partial charge in [0.15, 0.2) is 11.5 Å². The average molecular weight is 259 g/mol. The molecule has 0 N–H and O–H groups in total. The van der Waals surface area contributed by atoms with Crippen molar-refractivity contribution >= 4 is 28.0 Å². The van der Waals surface area contributed by atoms with E-state index in [1.807, 2.05) is 0 Å². The first-order valence-corrected chi connectivity index (χ1v) is 6.87. The number of aromatic nitrogens is 4. The van der Waals surface area contributed by atoms with E-state index in [0.29, 0.717) is 28.9 Å². The van der Waals surface area contributed by atoms with E-state index in [0.717, 1.165) is 10.8 Å². The molecule has 1 aliphatic heterocycles. The maximum Gasteiger partial charge on any atom is 0.186 e. The molecular weight excluding hydrogens is 246 g/mol. The van der Waals surface area contributed by atoms with Crippen molar-refractivity contribution in [1.29, 1.82) is 0 Å². The summed E-state index contributed by atoms with van der Waals surface area (Å²) in [5.74, 6) is 2.22. The molecule has 3 heterocycles. The van der Waals surface area contributed by atoms with E-state index in [4.69, 9.17) is 0 Å². The van der Waals surface area contributed by atoms with E-state index in [1.165, 1.54) is 0 Å². The number of hydrogen-bond donors (Lipinski definition) is 0. The SMILES string of the molecule is CC(C)C1CSC(c2ncc3nccnc3n2)=N1. The molecule has 0 aliphatic carbocycles. The summed E-state index contributed by atoms with van der Waals surface area (Å²) in [7, 11) is 0. The number of hydrogen-bond acceptors (Lipinski definition) is 6. The van der Waals surface area contributed by atoms with Crippen LogP contribution in [0, 0.1) is 5.92 Å². The van der Waals surface area contributed by atoms with Gasteiger partial charge in [0.25, 0.3) is 0 Å². The first-order chi connectivity index (χ1) is 8.74. The lowest BCUT2D eigenvalue weighted by molar-refractivity contribution is 0.543. The van der Waals surface area contributed by atoms with Crippen molar-refractivity contribution in [3.63, 3.8) is 0 Å². The zero-order valence-corrected chi connectivity index (χ0v) is 11.1. The molecule has 2 aromatic heterocycles. The molecule has 5 nitrogen and oxygen atoms in total. The summed E-state index contributed by atoms with van der Waals surface area (Å²) < 4.78 is 0. The van der Waals surface area contributed by atoms with Gasteiger partial charge in [-0.15, -0.1) is 11.8 Å². The fraction of sp³-hybridized carbons (Fsp3) is 0.417. The highest BCUT2D eigenvalue weighted by atomic mass is 32.2. The topological polar surface area (TPSA) is 63.9 Å². The summed E-state index contributed by atoms with van der Waals surface area (Å²) in [6.07, 6.45) is 4.98. The highest BCUT2D eigenvalue weighted by Crippen LogP contribution is 2.25. The maximum atomic E-state index is 4.67. The molecule has 0 bridgehead atoms. The number of rotatable bonds is 2. The first-order valence-electron chi connectivity index (χ1n) is 5.89. The van der Waals surface area contributed by atoms with Crippen LogP contribution in [0.1, 0.15) is 19.7 Å². The van der Waals surface area contributed by atoms with Crippen molar-refractivity contribution in [1.82, 2.24) is 19.9 Å². The molecule has 0 saturated heterocycles. The fourth-order valence-corrected chi connectivity index (χ4v) is 2.95. The predicted molar refractivity (Wildman–Crippen MR) is 72.7 cm³/mol. The van der Waals surface area contributed by atoms with Crippen LogP contribution in [0.4, 0.5) is 0 Å². The lowest BCUT2D eigenvalue weighted by Crippen LogP contribution is -2.11. The largest absolute Gasteiger partial charge is 0.270 e. The van der Waals surface area contributed by atoms with Gasteiger partial charge in [-0.25, -0.2) is 19.9 Å². The smallest absolute Gasteiger partial charge is 0.186 e. The highest BCUT2D eigenvalue weighted by Gasteiger charge is 2.23. The van der Waals surface area contributed by atoms with Crippen LogP contribution in [-0.2, 0) is 0 Å². The average Bonchev–Trinajstić information content (AvgIpc) is 2.88. The molecule has 18 heavy (non-hydrogen) atoms. The van der Waals surface area contributed by atoms with Crippen LogP contribution in [0.15, 0.2) is 23.6 Å². The van der Waals surface area contributed by atoms with E-state index in [-0.39, 0.29) is 0 Å². The Morgan fingerprint density at radius 3 is 2.83 bits per heavy atom. The normalized spacial score (nSPS) is 19.5. The molecule has 0 fully saturated rings. The molecule has 92 valence electrons. The van der Waals surface area contributed by atoms with Gasteiger partial charge in [0.2, 0.25) is 0 Å². The maximum absolute atomic E-state index is 4.67. The van der Waals surface area contributed by atoms with E-state index >= 15 is 0 Å². The quantitative estimate of drug-likeness (QED) is 0.824. The van der Waals surface area contributed by atoms with Crippen LogP contribution >= 0.6 is 11.8 Å². The molecule has 0 saturated carbocycles. The van der Waals surface area contributed by atoms with Gasteiger partial charge in [0.1, 0.15) is 10.6 Å². The lowest BCUT2D eigenvalue weighted by Gasteiger charge is -2.07. The van der Waals surface area contributed by atoms with Crippen molar-refractivity contribution in [2.45, 2.75) is 19.9 Å². The molecule has 1 atom stereocenters. The summed E-state index contributed by atoms with van der Waals surface area (Å²) in [6, 6.07) is 0.367. The molecule has 0 spiro atoms. The third-order valence-electron chi connectivity index (χ3n) is 2.86. The minimum atomic E-state index is 0.367. The van der Waals surface area contributed by atoms with Gasteiger partial charge in [-0.2, -0.15) is 0 Å². The predicted octanol–water partition coefficient (Wildman–Crippen LogP) is 1.94. The molecule has 1 aliphatic rings. The van der Waals surface area contributed by atoms with Gasteiger partial charge < -0.3 is 0 Å². The molecule has 2 aromatic rings. The van der Waals surface area contributed by atoms with E-state index in [9.17, 15) is 0 Å². The molecule has 3 rings (SSSR count). The number of thioether (sulfide) groups is 1. The molecule has 1 unspecified atom stereocenters. The Hall–Kier alpha value is -1.56. The number of nitrogens with zero attached hydrogens (tertiary/aromatic N) is 5. The zero-order chi connectivity index (χ0) is 12.5. The van der Waals surface area contributed by atoms with Gasteiger partial charge in [0, 0.05) is 18.1 Å². The second-order valence-electron chi connectivity index (χ2n) is 4.52. The third kappa shape index (κ3) is 2.08. The van der Waals surface area contributed by atoms with Crippen LogP contribution in [0.25, 0.3) is 11.2 Å². The Kier molecular flexibility index (Phi) is 2.95. The Morgan fingerprint density at radius 2 is 2.06 bits per heavy atom. The minimum absolute atomic E-state index is 0.367. The lowest BCUT2D eigenvalue weighted by atomic mass is 10.1. The van der Waals surface area contributed by atoms with Gasteiger partial charge in [-0.05, 0) is 5.92 Å². The van der Waals surface area contributed by atoms with E-state index < -0.39 is 0 Å². The monoisotopic (exact) mass is 259 g/mol. The van der Waals surface area contributed by atoms with Crippen molar-refractivity contribution in [3.8, 4) is 0 Å². The van der Waals surface area contributed by atoms with Crippen molar-refractivity contribution in [2.75, 3.05) is 5.75 Å². The van der Waals surface area contributed by atoms with Gasteiger partial charge in [-0.1, -0.05) is 13.8 Å². The zero-order valence-electron chi connectivity index (χ0n) is 10.2. The molecule has 6 heteroatoms. The van der Waals surface area contributed by atoms with Gasteiger partial charge >= 0.3 is 0 Å². The summed E-state index contributed by atoms with van der Waals surface area (Å²) in [6.45, 7) is 4.37. The first kappa shape index (κ1) is 11.5. The van der Waals surface area contributed by atoms with Crippen LogP contribution in [0.2, 0.25) is 0 Å². The fourth-order valence-electron chi connectivity index (χ4n) is 1.73. The Morgan fingerprint density at radius 1 is 1.22 bits per heavy atom. The second-order valence-corrected chi connectivity index (χ2v) is 5.52. The van der Waals surface area contributed by atoms with Crippen LogP contribution in [-0.4, -0.2) is 36.8 Å². The summed E-state index contributed by atoms with van der Waals surface area (Å²) in [4.78, 5) is 21.8. The van der Waals surface area contributed by atoms with Gasteiger partial charge in [-0.3, -0.25) is 4.99 Å². The second kappa shape index (κ2) is 4.61. The Labute approximate surface area is 109 Å². The Balaban J connectivity index is 1.98. The number of fused-ring (bicyclic) bond motifs is 1.